The van der Waals surface area contributed by atoms with Gasteiger partial charge in [0.1, 0.15) is 12.1 Å². The molecule has 0 spiro atoms. The number of halogens is 1. The van der Waals surface area contributed by atoms with Crippen molar-refractivity contribution in [1.29, 1.82) is 0 Å². The zero-order chi connectivity index (χ0) is 20.2. The van der Waals surface area contributed by atoms with Crippen molar-refractivity contribution < 1.29 is 4.79 Å². The van der Waals surface area contributed by atoms with Crippen molar-refractivity contribution in [1.82, 2.24) is 29.4 Å². The predicted octanol–water partition coefficient (Wildman–Crippen LogP) is 2.45. The number of pyridine rings is 1. The SMILES string of the molecule is O=C(CCn1cnc2ccc(Br)cc2c1=O)NCc1ccc(-n2ccnc2)nc1. The maximum atomic E-state index is 12.6. The van der Waals surface area contributed by atoms with Crippen LogP contribution in [-0.4, -0.2) is 30.0 Å². The minimum Gasteiger partial charge on any atom is -0.352 e. The first-order chi connectivity index (χ1) is 14.1. The van der Waals surface area contributed by atoms with Gasteiger partial charge in [0.05, 0.1) is 17.2 Å². The van der Waals surface area contributed by atoms with Gasteiger partial charge in [-0.3, -0.25) is 18.7 Å². The Morgan fingerprint density at radius 1 is 1.14 bits per heavy atom. The standard InChI is InChI=1S/C20H17BrN6O2/c21-15-2-3-17-16(9-15)20(29)27(13-25-17)7-5-19(28)24-11-14-1-4-18(23-10-14)26-8-6-22-12-26/h1-4,6,8-10,12-13H,5,7,11H2,(H,24,28). The highest BCUT2D eigenvalue weighted by atomic mass is 79.9. The van der Waals surface area contributed by atoms with Crippen molar-refractivity contribution in [2.45, 2.75) is 19.5 Å². The molecule has 0 atom stereocenters. The summed E-state index contributed by atoms with van der Waals surface area (Å²) in [6, 6.07) is 9.12. The molecule has 8 nitrogen and oxygen atoms in total. The first-order valence-electron chi connectivity index (χ1n) is 8.95. The average Bonchev–Trinajstić information content (AvgIpc) is 3.27. The van der Waals surface area contributed by atoms with Crippen LogP contribution in [0.5, 0.6) is 0 Å². The van der Waals surface area contributed by atoms with Crippen LogP contribution in [0.25, 0.3) is 16.7 Å². The quantitative estimate of drug-likeness (QED) is 0.484. The third-order valence-corrected chi connectivity index (χ3v) is 4.93. The highest BCUT2D eigenvalue weighted by Crippen LogP contribution is 2.14. The number of fused-ring (bicyclic) bond motifs is 1. The number of benzene rings is 1. The molecule has 1 N–H and O–H groups in total. The van der Waals surface area contributed by atoms with E-state index in [2.05, 4.69) is 36.2 Å². The van der Waals surface area contributed by atoms with E-state index >= 15 is 0 Å². The molecule has 1 aromatic carbocycles. The number of aromatic nitrogens is 5. The lowest BCUT2D eigenvalue weighted by Crippen LogP contribution is -2.27. The van der Waals surface area contributed by atoms with Crippen molar-refractivity contribution in [3.05, 3.63) is 82.0 Å². The normalized spacial score (nSPS) is 10.9. The molecule has 0 saturated carbocycles. The second-order valence-electron chi connectivity index (χ2n) is 6.43. The number of nitrogens with one attached hydrogen (secondary N) is 1. The number of imidazole rings is 1. The summed E-state index contributed by atoms with van der Waals surface area (Å²) in [5, 5.41) is 3.37. The molecule has 0 bridgehead atoms. The second kappa shape index (κ2) is 8.36. The van der Waals surface area contributed by atoms with E-state index in [1.807, 2.05) is 24.4 Å². The van der Waals surface area contributed by atoms with Gasteiger partial charge in [0.15, 0.2) is 0 Å². The molecule has 4 rings (SSSR count). The smallest absolute Gasteiger partial charge is 0.261 e. The molecule has 0 aliphatic rings. The summed E-state index contributed by atoms with van der Waals surface area (Å²) >= 11 is 3.36. The maximum absolute atomic E-state index is 12.6. The van der Waals surface area contributed by atoms with Crippen molar-refractivity contribution in [2.75, 3.05) is 0 Å². The van der Waals surface area contributed by atoms with Gasteiger partial charge < -0.3 is 5.32 Å². The predicted molar refractivity (Wildman–Crippen MR) is 112 cm³/mol. The summed E-state index contributed by atoms with van der Waals surface area (Å²) < 4.78 is 4.07. The zero-order valence-corrected chi connectivity index (χ0v) is 16.9. The van der Waals surface area contributed by atoms with Crippen molar-refractivity contribution in [3.8, 4) is 5.82 Å². The summed E-state index contributed by atoms with van der Waals surface area (Å²) in [6.07, 6.45) is 8.54. The van der Waals surface area contributed by atoms with E-state index in [1.165, 1.54) is 10.9 Å². The van der Waals surface area contributed by atoms with Crippen LogP contribution in [-0.2, 0) is 17.9 Å². The topological polar surface area (TPSA) is 94.7 Å². The van der Waals surface area contributed by atoms with Crippen molar-refractivity contribution in [2.24, 2.45) is 0 Å². The van der Waals surface area contributed by atoms with Gasteiger partial charge in [0.2, 0.25) is 5.91 Å². The van der Waals surface area contributed by atoms with Crippen LogP contribution >= 0.6 is 15.9 Å². The summed E-state index contributed by atoms with van der Waals surface area (Å²) in [5.74, 6) is 0.609. The molecule has 0 radical (unpaired) electrons. The highest BCUT2D eigenvalue weighted by molar-refractivity contribution is 9.10. The van der Waals surface area contributed by atoms with Gasteiger partial charge in [-0.25, -0.2) is 15.0 Å². The van der Waals surface area contributed by atoms with Crippen LogP contribution in [0.4, 0.5) is 0 Å². The van der Waals surface area contributed by atoms with Crippen LogP contribution in [0.1, 0.15) is 12.0 Å². The lowest BCUT2D eigenvalue weighted by Gasteiger charge is -2.08. The molecule has 9 heteroatoms. The van der Waals surface area contributed by atoms with E-state index in [1.54, 1.807) is 35.4 Å². The molecule has 1 amide bonds. The fourth-order valence-corrected chi connectivity index (χ4v) is 3.23. The Bertz CT molecular complexity index is 1200. The van der Waals surface area contributed by atoms with E-state index in [9.17, 15) is 9.59 Å². The van der Waals surface area contributed by atoms with Gasteiger partial charge in [-0.15, -0.1) is 0 Å². The number of nitrogens with zero attached hydrogens (tertiary/aromatic N) is 5. The number of rotatable bonds is 6. The highest BCUT2D eigenvalue weighted by Gasteiger charge is 2.08. The van der Waals surface area contributed by atoms with Crippen LogP contribution in [0.3, 0.4) is 0 Å². The van der Waals surface area contributed by atoms with Crippen LogP contribution in [0, 0.1) is 0 Å². The average molecular weight is 453 g/mol. The molecule has 0 aliphatic carbocycles. The van der Waals surface area contributed by atoms with Crippen molar-refractivity contribution >= 4 is 32.7 Å². The summed E-state index contributed by atoms with van der Waals surface area (Å²) in [7, 11) is 0. The molecule has 29 heavy (non-hydrogen) atoms. The Morgan fingerprint density at radius 3 is 2.79 bits per heavy atom. The van der Waals surface area contributed by atoms with Gasteiger partial charge in [-0.05, 0) is 29.8 Å². The molecule has 0 saturated heterocycles. The molecule has 0 fully saturated rings. The van der Waals surface area contributed by atoms with Crippen LogP contribution in [0.2, 0.25) is 0 Å². The van der Waals surface area contributed by atoms with Crippen LogP contribution in [0.15, 0.2) is 70.8 Å². The fraction of sp³-hybridized carbons (Fsp3) is 0.150. The number of carbonyl (C=O) groups excluding carboxylic acids is 1. The molecular formula is C20H17BrN6O2. The second-order valence-corrected chi connectivity index (χ2v) is 7.34. The Hall–Kier alpha value is -3.33. The Morgan fingerprint density at radius 2 is 2.03 bits per heavy atom. The third-order valence-electron chi connectivity index (χ3n) is 4.43. The molecule has 3 aromatic heterocycles. The van der Waals surface area contributed by atoms with E-state index in [-0.39, 0.29) is 24.4 Å². The zero-order valence-electron chi connectivity index (χ0n) is 15.3. The molecule has 3 heterocycles. The minimum atomic E-state index is -0.164. The van der Waals surface area contributed by atoms with Gasteiger partial charge in [-0.1, -0.05) is 22.0 Å². The number of hydrogen-bond donors (Lipinski definition) is 1. The molecular weight excluding hydrogens is 436 g/mol. The van der Waals surface area contributed by atoms with Gasteiger partial charge in [-0.2, -0.15) is 0 Å². The molecule has 0 unspecified atom stereocenters. The first kappa shape index (κ1) is 19.0. The minimum absolute atomic E-state index is 0.148. The van der Waals surface area contributed by atoms with E-state index in [0.717, 1.165) is 15.9 Å². The molecule has 4 aromatic rings. The molecule has 0 aliphatic heterocycles. The number of carbonyl (C=O) groups is 1. The van der Waals surface area contributed by atoms with E-state index in [4.69, 9.17) is 0 Å². The summed E-state index contributed by atoms with van der Waals surface area (Å²) in [4.78, 5) is 37.4. The monoisotopic (exact) mass is 452 g/mol. The van der Waals surface area contributed by atoms with E-state index in [0.29, 0.717) is 17.4 Å². The van der Waals surface area contributed by atoms with Gasteiger partial charge in [0.25, 0.3) is 5.56 Å². The lowest BCUT2D eigenvalue weighted by molar-refractivity contribution is -0.121. The van der Waals surface area contributed by atoms with Gasteiger partial charge >= 0.3 is 0 Å². The molecule has 146 valence electrons. The summed E-state index contributed by atoms with van der Waals surface area (Å²) in [5.41, 5.74) is 1.35. The Labute approximate surface area is 174 Å². The van der Waals surface area contributed by atoms with Crippen LogP contribution < -0.4 is 10.9 Å². The number of hydrogen-bond acceptors (Lipinski definition) is 5. The summed E-state index contributed by atoms with van der Waals surface area (Å²) in [6.45, 7) is 0.631. The van der Waals surface area contributed by atoms with Crippen molar-refractivity contribution in [3.63, 3.8) is 0 Å². The Kier molecular flexibility index (Phi) is 5.48. The third kappa shape index (κ3) is 4.40. The maximum Gasteiger partial charge on any atom is 0.261 e. The first-order valence-corrected chi connectivity index (χ1v) is 9.74. The Balaban J connectivity index is 1.34. The number of amides is 1. The largest absolute Gasteiger partial charge is 0.352 e. The van der Waals surface area contributed by atoms with E-state index < -0.39 is 0 Å². The van der Waals surface area contributed by atoms with Gasteiger partial charge in [0, 0.05) is 42.6 Å². The fourth-order valence-electron chi connectivity index (χ4n) is 2.87. The lowest BCUT2D eigenvalue weighted by atomic mass is 10.2. The number of aryl methyl sites for hydroxylation is 1.